The van der Waals surface area contributed by atoms with Crippen LogP contribution in [-0.4, -0.2) is 20.5 Å². The Morgan fingerprint density at radius 2 is 1.68 bits per heavy atom. The summed E-state index contributed by atoms with van der Waals surface area (Å²) >= 11 is 0. The van der Waals surface area contributed by atoms with Crippen molar-refractivity contribution in [3.63, 3.8) is 0 Å². The third-order valence-corrected chi connectivity index (χ3v) is 6.05. The number of rotatable bonds is 5. The fourth-order valence-corrected chi connectivity index (χ4v) is 3.80. The van der Waals surface area contributed by atoms with Crippen molar-refractivity contribution in [1.29, 1.82) is 0 Å². The summed E-state index contributed by atoms with van der Waals surface area (Å²) in [6.45, 7) is 15.4. The minimum absolute atomic E-state index is 0.0855. The molecule has 3 rings (SSSR count). The summed E-state index contributed by atoms with van der Waals surface area (Å²) in [5, 5.41) is 22.9. The average Bonchev–Trinajstić information content (AvgIpc) is 3.14. The Balaban J connectivity index is 2.42. The van der Waals surface area contributed by atoms with Gasteiger partial charge in [0.05, 0.1) is 0 Å². The summed E-state index contributed by atoms with van der Waals surface area (Å²) < 4.78 is 0. The van der Waals surface area contributed by atoms with Gasteiger partial charge in [0.15, 0.2) is 0 Å². The number of aromatic nitrogens is 3. The number of hydrogen-bond acceptors (Lipinski definition) is 3. The summed E-state index contributed by atoms with van der Waals surface area (Å²) in [6, 6.07) is 8.49. The van der Waals surface area contributed by atoms with E-state index >= 15 is 0 Å². The van der Waals surface area contributed by atoms with Crippen LogP contribution in [0.2, 0.25) is 0 Å². The lowest BCUT2D eigenvalue weighted by Gasteiger charge is -2.25. The Bertz CT molecular complexity index is 981. The van der Waals surface area contributed by atoms with E-state index in [-0.39, 0.29) is 11.3 Å². The van der Waals surface area contributed by atoms with Crippen LogP contribution in [0.5, 0.6) is 5.75 Å². The summed E-state index contributed by atoms with van der Waals surface area (Å²) in [4.78, 5) is 0. The number of H-pyrrole nitrogens is 1. The first-order valence-electron chi connectivity index (χ1n) is 10.4. The van der Waals surface area contributed by atoms with Gasteiger partial charge in [0, 0.05) is 11.1 Å². The molecule has 1 aromatic heterocycles. The van der Waals surface area contributed by atoms with Crippen molar-refractivity contribution < 1.29 is 5.11 Å². The van der Waals surface area contributed by atoms with Crippen molar-refractivity contribution in [2.75, 3.05) is 0 Å². The molecule has 4 nitrogen and oxygen atoms in total. The van der Waals surface area contributed by atoms with E-state index in [1.807, 2.05) is 6.07 Å². The second kappa shape index (κ2) is 7.57. The normalized spacial score (nSPS) is 14.4. The van der Waals surface area contributed by atoms with E-state index in [0.717, 1.165) is 40.6 Å². The number of benzene rings is 2. The van der Waals surface area contributed by atoms with Crippen molar-refractivity contribution >= 4 is 11.0 Å². The lowest BCUT2D eigenvalue weighted by atomic mass is 9.79. The van der Waals surface area contributed by atoms with Crippen LogP contribution in [-0.2, 0) is 5.41 Å². The van der Waals surface area contributed by atoms with Gasteiger partial charge in [0.1, 0.15) is 16.8 Å². The number of phenols is 1. The highest BCUT2D eigenvalue weighted by atomic mass is 16.3. The maximum absolute atomic E-state index is 11.4. The minimum Gasteiger partial charge on any atom is -0.507 e. The maximum atomic E-state index is 11.4. The van der Waals surface area contributed by atoms with E-state index in [4.69, 9.17) is 0 Å². The van der Waals surface area contributed by atoms with E-state index in [2.05, 4.69) is 82.1 Å². The number of fused-ring (bicyclic) bond motifs is 1. The van der Waals surface area contributed by atoms with Crippen LogP contribution in [0.25, 0.3) is 22.2 Å². The van der Waals surface area contributed by atoms with E-state index < -0.39 is 0 Å². The molecule has 28 heavy (non-hydrogen) atoms. The van der Waals surface area contributed by atoms with Gasteiger partial charge in [-0.2, -0.15) is 15.4 Å². The van der Waals surface area contributed by atoms with Gasteiger partial charge in [-0.1, -0.05) is 60.6 Å². The quantitative estimate of drug-likeness (QED) is 0.521. The van der Waals surface area contributed by atoms with Crippen molar-refractivity contribution in [1.82, 2.24) is 15.4 Å². The molecule has 2 N–H and O–H groups in total. The number of hydrogen-bond donors (Lipinski definition) is 2. The minimum atomic E-state index is -0.0855. The van der Waals surface area contributed by atoms with Crippen molar-refractivity contribution in [2.24, 2.45) is 0 Å². The second-order valence-corrected chi connectivity index (χ2v) is 9.05. The van der Waals surface area contributed by atoms with Crippen LogP contribution in [0, 0.1) is 0 Å². The van der Waals surface area contributed by atoms with Gasteiger partial charge in [-0.05, 0) is 58.9 Å². The molecule has 2 unspecified atom stereocenters. The second-order valence-electron chi connectivity index (χ2n) is 9.05. The highest BCUT2D eigenvalue weighted by Gasteiger charge is 2.26. The first-order chi connectivity index (χ1) is 13.2. The number of nitrogens with zero attached hydrogens (tertiary/aromatic N) is 2. The van der Waals surface area contributed by atoms with Gasteiger partial charge in [0.25, 0.3) is 0 Å². The van der Waals surface area contributed by atoms with Crippen LogP contribution in [0.3, 0.4) is 0 Å². The van der Waals surface area contributed by atoms with Crippen LogP contribution >= 0.6 is 0 Å². The van der Waals surface area contributed by atoms with E-state index in [9.17, 15) is 5.11 Å². The van der Waals surface area contributed by atoms with Crippen molar-refractivity contribution in [3.8, 4) is 16.9 Å². The molecule has 0 amide bonds. The number of phenolic OH excluding ortho intramolecular Hbond substituents is 1. The molecule has 1 heterocycles. The molecule has 0 aliphatic carbocycles. The van der Waals surface area contributed by atoms with Crippen LogP contribution in [0.15, 0.2) is 24.3 Å². The van der Waals surface area contributed by atoms with E-state index in [1.54, 1.807) is 0 Å². The summed E-state index contributed by atoms with van der Waals surface area (Å²) in [6.07, 6.45) is 2.04. The number of aromatic hydroxyl groups is 1. The third kappa shape index (κ3) is 3.52. The summed E-state index contributed by atoms with van der Waals surface area (Å²) in [7, 11) is 0. The highest BCUT2D eigenvalue weighted by Crippen LogP contribution is 2.45. The Morgan fingerprint density at radius 1 is 1.00 bits per heavy atom. The predicted octanol–water partition coefficient (Wildman–Crippen LogP) is 6.66. The van der Waals surface area contributed by atoms with Gasteiger partial charge in [-0.25, -0.2) is 0 Å². The van der Waals surface area contributed by atoms with Gasteiger partial charge >= 0.3 is 0 Å². The zero-order valence-electron chi connectivity index (χ0n) is 18.2. The monoisotopic (exact) mass is 379 g/mol. The van der Waals surface area contributed by atoms with E-state index in [0.29, 0.717) is 11.7 Å². The molecule has 0 spiro atoms. The SMILES string of the molecule is CCC(C)c1cc(-c2c(C(C)(C)C)ccc3n[nH]nc23)c(O)c(C(C)CC)c1. The highest BCUT2D eigenvalue weighted by molar-refractivity contribution is 5.96. The van der Waals surface area contributed by atoms with Gasteiger partial charge in [-0.15, -0.1) is 0 Å². The van der Waals surface area contributed by atoms with Gasteiger partial charge in [-0.3, -0.25) is 0 Å². The molecule has 2 aromatic carbocycles. The fraction of sp³-hybridized carbons (Fsp3) is 0.500. The van der Waals surface area contributed by atoms with Crippen molar-refractivity contribution in [3.05, 3.63) is 41.0 Å². The number of aromatic amines is 1. The lowest BCUT2D eigenvalue weighted by molar-refractivity contribution is 0.463. The molecule has 0 radical (unpaired) electrons. The van der Waals surface area contributed by atoms with Crippen LogP contribution in [0.1, 0.15) is 89.8 Å². The van der Waals surface area contributed by atoms with Gasteiger partial charge < -0.3 is 5.11 Å². The molecule has 4 heteroatoms. The Labute approximate surface area is 168 Å². The summed E-state index contributed by atoms with van der Waals surface area (Å²) in [5.74, 6) is 1.09. The molecule has 0 aliphatic rings. The molecule has 0 bridgehead atoms. The third-order valence-electron chi connectivity index (χ3n) is 6.05. The molecular formula is C24H33N3O. The van der Waals surface area contributed by atoms with Crippen LogP contribution < -0.4 is 0 Å². The molecular weight excluding hydrogens is 346 g/mol. The average molecular weight is 380 g/mol. The predicted molar refractivity (Wildman–Crippen MR) is 117 cm³/mol. The molecule has 3 aromatic rings. The standard InChI is InChI=1S/C24H33N3O/c1-8-14(3)16-12-17(15(4)9-2)23(28)18(13-16)21-19(24(5,6)7)10-11-20-22(21)26-27-25-20/h10-15,28H,8-9H2,1-7H3,(H,25,26,27). The van der Waals surface area contributed by atoms with E-state index in [1.165, 1.54) is 11.1 Å². The zero-order valence-corrected chi connectivity index (χ0v) is 18.2. The molecule has 150 valence electrons. The fourth-order valence-electron chi connectivity index (χ4n) is 3.80. The Kier molecular flexibility index (Phi) is 5.51. The molecule has 2 atom stereocenters. The number of nitrogens with one attached hydrogen (secondary N) is 1. The molecule has 0 fully saturated rings. The van der Waals surface area contributed by atoms with Gasteiger partial charge in [0.2, 0.25) is 0 Å². The first-order valence-corrected chi connectivity index (χ1v) is 10.4. The molecule has 0 saturated heterocycles. The Hall–Kier alpha value is -2.36. The summed E-state index contributed by atoms with van der Waals surface area (Å²) in [5.41, 5.74) is 6.88. The molecule has 0 saturated carbocycles. The lowest BCUT2D eigenvalue weighted by Crippen LogP contribution is -2.13. The topological polar surface area (TPSA) is 61.8 Å². The zero-order chi connectivity index (χ0) is 20.6. The smallest absolute Gasteiger partial charge is 0.126 e. The maximum Gasteiger partial charge on any atom is 0.126 e. The largest absolute Gasteiger partial charge is 0.507 e. The van der Waals surface area contributed by atoms with Crippen LogP contribution in [0.4, 0.5) is 0 Å². The first kappa shape index (κ1) is 20.4. The molecule has 0 aliphatic heterocycles. The van der Waals surface area contributed by atoms with Crippen molar-refractivity contribution in [2.45, 2.75) is 78.6 Å². The Morgan fingerprint density at radius 3 is 2.29 bits per heavy atom.